The standard InChI is InChI=1S/C13H15NS/c1-4-11-5-6-12(7-9(11)2)13-10(3)14-8-15-13/h5-8H,4H2,1-3H3. The molecular weight excluding hydrogens is 202 g/mol. The van der Waals surface area contributed by atoms with E-state index in [0.29, 0.717) is 0 Å². The average Bonchev–Trinajstić information content (AvgIpc) is 2.64. The van der Waals surface area contributed by atoms with Crippen LogP contribution in [0.1, 0.15) is 23.7 Å². The van der Waals surface area contributed by atoms with Gasteiger partial charge in [-0.25, -0.2) is 4.98 Å². The van der Waals surface area contributed by atoms with Crippen LogP contribution in [0.2, 0.25) is 0 Å². The summed E-state index contributed by atoms with van der Waals surface area (Å²) in [4.78, 5) is 5.58. The highest BCUT2D eigenvalue weighted by molar-refractivity contribution is 7.13. The smallest absolute Gasteiger partial charge is 0.0801 e. The lowest BCUT2D eigenvalue weighted by Gasteiger charge is -2.05. The Kier molecular flexibility index (Phi) is 2.87. The van der Waals surface area contributed by atoms with Gasteiger partial charge in [0.1, 0.15) is 0 Å². The SMILES string of the molecule is CCc1ccc(-c2scnc2C)cc1C. The summed E-state index contributed by atoms with van der Waals surface area (Å²) in [5, 5.41) is 0. The van der Waals surface area contributed by atoms with Gasteiger partial charge < -0.3 is 0 Å². The lowest BCUT2D eigenvalue weighted by atomic mass is 10.0. The molecule has 0 radical (unpaired) electrons. The van der Waals surface area contributed by atoms with E-state index < -0.39 is 0 Å². The molecule has 1 aromatic carbocycles. The molecule has 0 aliphatic carbocycles. The van der Waals surface area contributed by atoms with Gasteiger partial charge in [-0.2, -0.15) is 0 Å². The summed E-state index contributed by atoms with van der Waals surface area (Å²) < 4.78 is 0. The third kappa shape index (κ3) is 1.95. The molecule has 2 heteroatoms. The minimum Gasteiger partial charge on any atom is -0.249 e. The maximum atomic E-state index is 4.28. The van der Waals surface area contributed by atoms with Crippen molar-refractivity contribution >= 4 is 11.3 Å². The number of thiazole rings is 1. The first kappa shape index (κ1) is 10.4. The minimum absolute atomic E-state index is 1.10. The van der Waals surface area contributed by atoms with Crippen molar-refractivity contribution < 1.29 is 0 Å². The Morgan fingerprint density at radius 2 is 2.07 bits per heavy atom. The minimum atomic E-state index is 1.10. The molecule has 1 heterocycles. The lowest BCUT2D eigenvalue weighted by molar-refractivity contribution is 1.11. The van der Waals surface area contributed by atoms with Gasteiger partial charge in [0, 0.05) is 0 Å². The van der Waals surface area contributed by atoms with Crippen LogP contribution in [0.4, 0.5) is 0 Å². The highest BCUT2D eigenvalue weighted by Gasteiger charge is 2.05. The van der Waals surface area contributed by atoms with Crippen molar-refractivity contribution in [3.8, 4) is 10.4 Å². The zero-order valence-corrected chi connectivity index (χ0v) is 10.2. The van der Waals surface area contributed by atoms with Crippen molar-refractivity contribution in [2.45, 2.75) is 27.2 Å². The molecule has 2 aromatic rings. The topological polar surface area (TPSA) is 12.9 Å². The summed E-state index contributed by atoms with van der Waals surface area (Å²) in [6, 6.07) is 6.69. The monoisotopic (exact) mass is 217 g/mol. The van der Waals surface area contributed by atoms with Gasteiger partial charge in [0.05, 0.1) is 16.1 Å². The van der Waals surface area contributed by atoms with Crippen molar-refractivity contribution in [2.24, 2.45) is 0 Å². The van der Waals surface area contributed by atoms with E-state index in [-0.39, 0.29) is 0 Å². The fraction of sp³-hybridized carbons (Fsp3) is 0.308. The highest BCUT2D eigenvalue weighted by atomic mass is 32.1. The van der Waals surface area contributed by atoms with Crippen molar-refractivity contribution in [3.63, 3.8) is 0 Å². The zero-order valence-electron chi connectivity index (χ0n) is 9.37. The molecule has 78 valence electrons. The fourth-order valence-corrected chi connectivity index (χ4v) is 2.62. The van der Waals surface area contributed by atoms with Gasteiger partial charge in [-0.05, 0) is 37.0 Å². The second kappa shape index (κ2) is 4.15. The fourth-order valence-electron chi connectivity index (χ4n) is 1.81. The van der Waals surface area contributed by atoms with E-state index in [4.69, 9.17) is 0 Å². The molecule has 0 aliphatic heterocycles. The second-order valence-electron chi connectivity index (χ2n) is 3.76. The van der Waals surface area contributed by atoms with E-state index in [1.54, 1.807) is 11.3 Å². The maximum absolute atomic E-state index is 4.28. The van der Waals surface area contributed by atoms with Gasteiger partial charge in [0.15, 0.2) is 0 Å². The lowest BCUT2D eigenvalue weighted by Crippen LogP contribution is -1.87. The molecule has 0 aliphatic rings. The van der Waals surface area contributed by atoms with Gasteiger partial charge in [0.25, 0.3) is 0 Å². The Bertz CT molecular complexity index is 471. The van der Waals surface area contributed by atoms with E-state index in [1.165, 1.54) is 21.6 Å². The number of benzene rings is 1. The number of hydrogen-bond donors (Lipinski definition) is 0. The highest BCUT2D eigenvalue weighted by Crippen LogP contribution is 2.28. The molecule has 0 bridgehead atoms. The van der Waals surface area contributed by atoms with E-state index in [2.05, 4.69) is 44.0 Å². The summed E-state index contributed by atoms with van der Waals surface area (Å²) >= 11 is 1.71. The summed E-state index contributed by atoms with van der Waals surface area (Å²) in [6.45, 7) is 6.44. The van der Waals surface area contributed by atoms with Gasteiger partial charge in [-0.15, -0.1) is 11.3 Å². The molecule has 0 saturated heterocycles. The number of rotatable bonds is 2. The normalized spacial score (nSPS) is 10.6. The third-order valence-corrected chi connectivity index (χ3v) is 3.71. The first-order valence-electron chi connectivity index (χ1n) is 5.22. The van der Waals surface area contributed by atoms with E-state index in [9.17, 15) is 0 Å². The van der Waals surface area contributed by atoms with Crippen LogP contribution in [0.15, 0.2) is 23.7 Å². The molecule has 0 atom stereocenters. The Hall–Kier alpha value is -1.15. The first-order chi connectivity index (χ1) is 7.22. The Balaban J connectivity index is 2.47. The van der Waals surface area contributed by atoms with Gasteiger partial charge in [-0.1, -0.05) is 25.1 Å². The molecule has 2 rings (SSSR count). The summed E-state index contributed by atoms with van der Waals surface area (Å²) in [5.74, 6) is 0. The molecule has 0 fully saturated rings. The largest absolute Gasteiger partial charge is 0.249 e. The van der Waals surface area contributed by atoms with Crippen molar-refractivity contribution in [1.82, 2.24) is 4.98 Å². The van der Waals surface area contributed by atoms with Crippen LogP contribution in [0.5, 0.6) is 0 Å². The molecule has 0 saturated carbocycles. The van der Waals surface area contributed by atoms with E-state index >= 15 is 0 Å². The van der Waals surface area contributed by atoms with Crippen molar-refractivity contribution in [2.75, 3.05) is 0 Å². The first-order valence-corrected chi connectivity index (χ1v) is 6.10. The number of hydrogen-bond acceptors (Lipinski definition) is 2. The van der Waals surface area contributed by atoms with Crippen LogP contribution < -0.4 is 0 Å². The summed E-state index contributed by atoms with van der Waals surface area (Å²) in [6.07, 6.45) is 1.10. The number of aryl methyl sites for hydroxylation is 3. The summed E-state index contributed by atoms with van der Waals surface area (Å²) in [7, 11) is 0. The summed E-state index contributed by atoms with van der Waals surface area (Å²) in [5.41, 5.74) is 7.14. The molecule has 0 amide bonds. The third-order valence-electron chi connectivity index (χ3n) is 2.73. The van der Waals surface area contributed by atoms with Crippen molar-refractivity contribution in [3.05, 3.63) is 40.5 Å². The second-order valence-corrected chi connectivity index (χ2v) is 4.62. The Labute approximate surface area is 94.8 Å². The Morgan fingerprint density at radius 1 is 1.27 bits per heavy atom. The van der Waals surface area contributed by atoms with Crippen LogP contribution in [0, 0.1) is 13.8 Å². The van der Waals surface area contributed by atoms with E-state index in [1.807, 2.05) is 5.51 Å². The molecule has 1 aromatic heterocycles. The van der Waals surface area contributed by atoms with Crippen LogP contribution in [-0.2, 0) is 6.42 Å². The maximum Gasteiger partial charge on any atom is 0.0801 e. The van der Waals surface area contributed by atoms with Crippen LogP contribution in [0.25, 0.3) is 10.4 Å². The van der Waals surface area contributed by atoms with Gasteiger partial charge in [-0.3, -0.25) is 0 Å². The molecule has 1 nitrogen and oxygen atoms in total. The van der Waals surface area contributed by atoms with Crippen LogP contribution >= 0.6 is 11.3 Å². The van der Waals surface area contributed by atoms with E-state index in [0.717, 1.165) is 12.1 Å². The molecular formula is C13H15NS. The van der Waals surface area contributed by atoms with Gasteiger partial charge in [0.2, 0.25) is 0 Å². The molecule has 0 spiro atoms. The van der Waals surface area contributed by atoms with Crippen LogP contribution in [-0.4, -0.2) is 4.98 Å². The van der Waals surface area contributed by atoms with Crippen molar-refractivity contribution in [1.29, 1.82) is 0 Å². The molecule has 0 N–H and O–H groups in total. The zero-order chi connectivity index (χ0) is 10.8. The Morgan fingerprint density at radius 3 is 2.60 bits per heavy atom. The predicted molar refractivity (Wildman–Crippen MR) is 66.4 cm³/mol. The quantitative estimate of drug-likeness (QED) is 0.741. The number of aromatic nitrogens is 1. The average molecular weight is 217 g/mol. The number of nitrogens with zero attached hydrogens (tertiary/aromatic N) is 1. The predicted octanol–water partition coefficient (Wildman–Crippen LogP) is 3.99. The molecule has 0 unspecified atom stereocenters. The molecule has 15 heavy (non-hydrogen) atoms. The van der Waals surface area contributed by atoms with Crippen LogP contribution in [0.3, 0.4) is 0 Å². The van der Waals surface area contributed by atoms with Gasteiger partial charge >= 0.3 is 0 Å².